The minimum Gasteiger partial charge on any atom is -0.377 e. The molecule has 0 bridgehead atoms. The second-order valence-corrected chi connectivity index (χ2v) is 4.84. The van der Waals surface area contributed by atoms with Gasteiger partial charge in [0, 0.05) is 7.11 Å². The van der Waals surface area contributed by atoms with Crippen LogP contribution in [0, 0.1) is 5.41 Å². The molecule has 0 spiro atoms. The van der Waals surface area contributed by atoms with Crippen molar-refractivity contribution in [2.45, 2.75) is 52.7 Å². The van der Waals surface area contributed by atoms with Gasteiger partial charge in [-0.15, -0.1) is 0 Å². The summed E-state index contributed by atoms with van der Waals surface area (Å²) in [5.41, 5.74) is 2.75. The van der Waals surface area contributed by atoms with Gasteiger partial charge < -0.3 is 4.74 Å². The Morgan fingerprint density at radius 2 is 1.77 bits per heavy atom. The second-order valence-electron chi connectivity index (χ2n) is 4.84. The Kier molecular flexibility index (Phi) is 4.36. The van der Waals surface area contributed by atoms with Crippen molar-refractivity contribution in [1.82, 2.24) is 5.43 Å². The predicted octanol–water partition coefficient (Wildman–Crippen LogP) is 1.68. The Morgan fingerprint density at radius 3 is 1.85 bits per heavy atom. The monoisotopic (exact) mass is 188 g/mol. The molecule has 0 saturated heterocycles. The van der Waals surface area contributed by atoms with Crippen molar-refractivity contribution in [2.75, 3.05) is 7.11 Å². The Balaban J connectivity index is 4.74. The minimum absolute atomic E-state index is 0.0928. The third kappa shape index (κ3) is 2.93. The Hall–Kier alpha value is -0.120. The van der Waals surface area contributed by atoms with Gasteiger partial charge in [0.15, 0.2) is 0 Å². The van der Waals surface area contributed by atoms with E-state index >= 15 is 0 Å². The maximum atomic E-state index is 5.57. The molecule has 0 aromatic carbocycles. The van der Waals surface area contributed by atoms with Crippen molar-refractivity contribution < 1.29 is 4.74 Å². The molecule has 0 aromatic rings. The van der Waals surface area contributed by atoms with E-state index in [2.05, 4.69) is 40.0 Å². The first-order valence-electron chi connectivity index (χ1n) is 4.83. The fraction of sp³-hybridized carbons (Fsp3) is 1.00. The fourth-order valence-electron chi connectivity index (χ4n) is 1.81. The zero-order valence-electron chi connectivity index (χ0n) is 9.77. The van der Waals surface area contributed by atoms with Crippen LogP contribution >= 0.6 is 0 Å². The van der Waals surface area contributed by atoms with Gasteiger partial charge in [-0.05, 0) is 18.8 Å². The number of ether oxygens (including phenoxy) is 1. The summed E-state index contributed by atoms with van der Waals surface area (Å²) in [6.07, 6.45) is 0.940. The van der Waals surface area contributed by atoms with Crippen LogP contribution in [-0.4, -0.2) is 18.8 Å². The van der Waals surface area contributed by atoms with Crippen LogP contribution < -0.4 is 11.3 Å². The van der Waals surface area contributed by atoms with E-state index in [4.69, 9.17) is 10.6 Å². The molecule has 0 saturated carbocycles. The molecule has 0 aliphatic carbocycles. The predicted molar refractivity (Wildman–Crippen MR) is 56.3 cm³/mol. The third-order valence-corrected chi connectivity index (χ3v) is 2.81. The average molecular weight is 188 g/mol. The van der Waals surface area contributed by atoms with Crippen LogP contribution in [0.25, 0.3) is 0 Å². The maximum absolute atomic E-state index is 5.57. The molecule has 0 aliphatic rings. The zero-order valence-corrected chi connectivity index (χ0v) is 9.77. The van der Waals surface area contributed by atoms with Crippen molar-refractivity contribution >= 4 is 0 Å². The highest BCUT2D eigenvalue weighted by Gasteiger charge is 2.39. The summed E-state index contributed by atoms with van der Waals surface area (Å²) >= 11 is 0. The molecule has 3 N–H and O–H groups in total. The number of hydrogen-bond donors (Lipinski definition) is 2. The normalized spacial score (nSPS) is 19.6. The van der Waals surface area contributed by atoms with Crippen LogP contribution in [0.15, 0.2) is 0 Å². The van der Waals surface area contributed by atoms with E-state index in [0.29, 0.717) is 0 Å². The molecular formula is C10H24N2O. The molecule has 0 rings (SSSR count). The van der Waals surface area contributed by atoms with Gasteiger partial charge in [-0.3, -0.25) is 11.3 Å². The molecule has 3 heteroatoms. The molecule has 0 fully saturated rings. The number of methoxy groups -OCH3 is 1. The Bertz CT molecular complexity index is 147. The van der Waals surface area contributed by atoms with Crippen LogP contribution in [-0.2, 0) is 4.74 Å². The highest BCUT2D eigenvalue weighted by Crippen LogP contribution is 2.31. The quantitative estimate of drug-likeness (QED) is 0.521. The number of nitrogens with one attached hydrogen (secondary N) is 1. The van der Waals surface area contributed by atoms with E-state index in [9.17, 15) is 0 Å². The van der Waals surface area contributed by atoms with Gasteiger partial charge in [-0.25, -0.2) is 0 Å². The molecule has 0 radical (unpaired) electrons. The summed E-state index contributed by atoms with van der Waals surface area (Å²) in [5.74, 6) is 5.57. The van der Waals surface area contributed by atoms with Crippen molar-refractivity contribution in [3.8, 4) is 0 Å². The lowest BCUT2D eigenvalue weighted by atomic mass is 9.76. The zero-order chi connectivity index (χ0) is 10.7. The van der Waals surface area contributed by atoms with Gasteiger partial charge in [0.25, 0.3) is 0 Å². The van der Waals surface area contributed by atoms with Crippen molar-refractivity contribution in [3.63, 3.8) is 0 Å². The first-order chi connectivity index (χ1) is 5.81. The van der Waals surface area contributed by atoms with Crippen LogP contribution in [0.1, 0.15) is 41.0 Å². The highest BCUT2D eigenvalue weighted by molar-refractivity contribution is 4.94. The summed E-state index contributed by atoms with van der Waals surface area (Å²) in [6.45, 7) is 10.7. The molecule has 0 aliphatic heterocycles. The van der Waals surface area contributed by atoms with E-state index in [0.717, 1.165) is 6.42 Å². The first-order valence-corrected chi connectivity index (χ1v) is 4.83. The summed E-state index contributed by atoms with van der Waals surface area (Å²) < 4.78 is 5.52. The smallest absolute Gasteiger partial charge is 0.0818 e. The van der Waals surface area contributed by atoms with Gasteiger partial charge in [0.2, 0.25) is 0 Å². The summed E-state index contributed by atoms with van der Waals surface area (Å²) in [6, 6.07) is 0.148. The Morgan fingerprint density at radius 1 is 1.31 bits per heavy atom. The van der Waals surface area contributed by atoms with E-state index in [-0.39, 0.29) is 17.1 Å². The largest absolute Gasteiger partial charge is 0.377 e. The average Bonchev–Trinajstić information content (AvgIpc) is 2.02. The molecule has 0 amide bonds. The van der Waals surface area contributed by atoms with Crippen molar-refractivity contribution in [3.05, 3.63) is 0 Å². The van der Waals surface area contributed by atoms with Crippen LogP contribution in [0.4, 0.5) is 0 Å². The molecule has 2 atom stereocenters. The van der Waals surface area contributed by atoms with Crippen LogP contribution in [0.3, 0.4) is 0 Å². The standard InChI is InChI=1S/C10H24N2O/c1-7-10(5,13-6)8(12-11)9(2,3)4/h8,12H,7,11H2,1-6H3. The molecule has 2 unspecified atom stereocenters. The lowest BCUT2D eigenvalue weighted by molar-refractivity contribution is -0.0590. The van der Waals surface area contributed by atoms with E-state index in [1.165, 1.54) is 0 Å². The molecule has 0 aromatic heterocycles. The maximum Gasteiger partial charge on any atom is 0.0818 e. The lowest BCUT2D eigenvalue weighted by Crippen LogP contribution is -2.58. The summed E-state index contributed by atoms with van der Waals surface area (Å²) in [5, 5.41) is 0. The van der Waals surface area contributed by atoms with Crippen LogP contribution in [0.5, 0.6) is 0 Å². The van der Waals surface area contributed by atoms with E-state index in [1.807, 2.05) is 0 Å². The van der Waals surface area contributed by atoms with Crippen molar-refractivity contribution in [2.24, 2.45) is 11.3 Å². The number of rotatable bonds is 4. The van der Waals surface area contributed by atoms with Gasteiger partial charge >= 0.3 is 0 Å². The Labute approximate surface area is 82.0 Å². The molecule has 3 nitrogen and oxygen atoms in total. The lowest BCUT2D eigenvalue weighted by Gasteiger charge is -2.43. The van der Waals surface area contributed by atoms with Crippen LogP contribution in [0.2, 0.25) is 0 Å². The second kappa shape index (κ2) is 4.40. The molecule has 80 valence electrons. The van der Waals surface area contributed by atoms with E-state index in [1.54, 1.807) is 7.11 Å². The summed E-state index contributed by atoms with van der Waals surface area (Å²) in [7, 11) is 1.74. The molecule has 0 heterocycles. The SMILES string of the molecule is CCC(C)(OC)C(NN)C(C)(C)C. The number of nitrogens with two attached hydrogens (primary N) is 1. The van der Waals surface area contributed by atoms with Gasteiger partial charge in [0.05, 0.1) is 11.6 Å². The summed E-state index contributed by atoms with van der Waals surface area (Å²) in [4.78, 5) is 0. The molecule has 13 heavy (non-hydrogen) atoms. The fourth-order valence-corrected chi connectivity index (χ4v) is 1.81. The van der Waals surface area contributed by atoms with Gasteiger partial charge in [0.1, 0.15) is 0 Å². The van der Waals surface area contributed by atoms with Gasteiger partial charge in [-0.1, -0.05) is 27.7 Å². The van der Waals surface area contributed by atoms with E-state index < -0.39 is 0 Å². The third-order valence-electron chi connectivity index (χ3n) is 2.81. The topological polar surface area (TPSA) is 47.3 Å². The highest BCUT2D eigenvalue weighted by atomic mass is 16.5. The first kappa shape index (κ1) is 12.9. The number of hydrazine groups is 1. The number of hydrogen-bond acceptors (Lipinski definition) is 3. The van der Waals surface area contributed by atoms with Gasteiger partial charge in [-0.2, -0.15) is 0 Å². The molecular weight excluding hydrogens is 164 g/mol. The van der Waals surface area contributed by atoms with Crippen molar-refractivity contribution in [1.29, 1.82) is 0 Å². The minimum atomic E-state index is -0.201.